The number of rotatable bonds is 9. The van der Waals surface area contributed by atoms with Crippen molar-refractivity contribution in [3.63, 3.8) is 0 Å². The zero-order chi connectivity index (χ0) is 32.0. The third-order valence-corrected chi connectivity index (χ3v) is 69.6. The standard InChI is InChI=1S/2C17H15.C7H16Si.2CH3.Hf/c2*1-12-9-13(2)11-15(10-12)17-8-4-6-14-5-3-7-16(14)17;1-3-4-5-6-7-8-2;;;/h2*3-11H,1-2H3;3-7H2,1-2H3;2*1H3;. The second-order valence-corrected chi connectivity index (χ2v) is 62.6. The predicted molar refractivity (Wildman–Crippen MR) is 199 cm³/mol. The van der Waals surface area contributed by atoms with E-state index in [1.807, 2.05) is 0 Å². The molecule has 4 aromatic rings. The zero-order valence-electron chi connectivity index (χ0n) is 28.9. The molecule has 2 heteroatoms. The summed E-state index contributed by atoms with van der Waals surface area (Å²) in [7, 11) is 0. The molecule has 0 aliphatic heterocycles. The van der Waals surface area contributed by atoms with Crippen LogP contribution in [0.3, 0.4) is 0 Å². The molecule has 0 saturated heterocycles. The number of allylic oxidation sites excluding steroid dienone is 2. The van der Waals surface area contributed by atoms with Crippen molar-refractivity contribution in [3.05, 3.63) is 129 Å². The van der Waals surface area contributed by atoms with Gasteiger partial charge in [-0.05, 0) is 0 Å². The zero-order valence-corrected chi connectivity index (χ0v) is 33.5. The fraction of sp³-hybridized carbons (Fsp3) is 0.349. The number of hydrogen-bond donors (Lipinski definition) is 0. The third-order valence-electron chi connectivity index (χ3n) is 11.6. The summed E-state index contributed by atoms with van der Waals surface area (Å²) in [5, 5.41) is 0. The van der Waals surface area contributed by atoms with Crippen LogP contribution in [0.4, 0.5) is 0 Å². The van der Waals surface area contributed by atoms with Crippen molar-refractivity contribution >= 4 is 17.6 Å². The van der Waals surface area contributed by atoms with Crippen molar-refractivity contribution in [2.45, 2.75) is 89.6 Å². The van der Waals surface area contributed by atoms with E-state index in [1.165, 1.54) is 87.4 Å². The molecule has 2 aliphatic rings. The Kier molecular flexibility index (Phi) is 9.05. The number of unbranched alkanes of at least 4 members (excludes halogenated alkanes) is 3. The third kappa shape index (κ3) is 5.80. The Balaban J connectivity index is 1.53. The van der Waals surface area contributed by atoms with Crippen LogP contribution in [0.15, 0.2) is 84.9 Å². The molecule has 0 spiro atoms. The topological polar surface area (TPSA) is 0 Å². The summed E-state index contributed by atoms with van der Waals surface area (Å²) in [6.07, 6.45) is 15.9. The Morgan fingerprint density at radius 1 is 0.600 bits per heavy atom. The molecule has 0 bridgehead atoms. The van der Waals surface area contributed by atoms with Crippen molar-refractivity contribution < 1.29 is 17.1 Å². The van der Waals surface area contributed by atoms with Crippen LogP contribution in [0.25, 0.3) is 34.4 Å². The average Bonchev–Trinajstić information content (AvgIpc) is 3.64. The molecule has 0 amide bonds. The van der Waals surface area contributed by atoms with Crippen LogP contribution >= 0.6 is 0 Å². The first-order valence-corrected chi connectivity index (χ1v) is 36.3. The molecule has 45 heavy (non-hydrogen) atoms. The Hall–Kier alpha value is -2.55. The van der Waals surface area contributed by atoms with Crippen molar-refractivity contribution in [2.24, 2.45) is 0 Å². The van der Waals surface area contributed by atoms with Gasteiger partial charge in [-0.3, -0.25) is 0 Å². The molecule has 0 aromatic heterocycles. The predicted octanol–water partition coefficient (Wildman–Crippen LogP) is 13.1. The molecule has 0 saturated carbocycles. The van der Waals surface area contributed by atoms with Gasteiger partial charge in [0, 0.05) is 0 Å². The maximum absolute atomic E-state index is 3.84. The summed E-state index contributed by atoms with van der Waals surface area (Å²) in [4.78, 5) is 0. The van der Waals surface area contributed by atoms with Gasteiger partial charge >= 0.3 is 276 Å². The normalized spacial score (nSPS) is 17.1. The number of fused-ring (bicyclic) bond motifs is 2. The van der Waals surface area contributed by atoms with Crippen LogP contribution in [0.1, 0.15) is 84.5 Å². The van der Waals surface area contributed by atoms with Crippen molar-refractivity contribution in [2.75, 3.05) is 0 Å². The second-order valence-electron chi connectivity index (χ2n) is 15.2. The van der Waals surface area contributed by atoms with E-state index in [1.54, 1.807) is 11.1 Å². The molecule has 4 aromatic carbocycles. The number of aryl methyl sites for hydroxylation is 4. The van der Waals surface area contributed by atoms with E-state index < -0.39 is 22.6 Å². The molecule has 0 nitrogen and oxygen atoms in total. The molecular formula is C43H52HfSi. The molecule has 0 fully saturated rings. The molecule has 2 aliphatic carbocycles. The average molecular weight is 775 g/mol. The summed E-state index contributed by atoms with van der Waals surface area (Å²) in [6.45, 7) is 14.0. The summed E-state index contributed by atoms with van der Waals surface area (Å²) in [5.41, 5.74) is 16.5. The van der Waals surface area contributed by atoms with Gasteiger partial charge in [-0.2, -0.15) is 0 Å². The molecule has 0 N–H and O–H groups in total. The quantitative estimate of drug-likeness (QED) is 0.117. The summed E-state index contributed by atoms with van der Waals surface area (Å²) in [5.74, 6) is 0. The molecule has 232 valence electrons. The maximum atomic E-state index is 2.90. The van der Waals surface area contributed by atoms with E-state index in [9.17, 15) is 0 Å². The first-order chi connectivity index (χ1) is 21.5. The Bertz CT molecular complexity index is 1750. The SMILES string of the molecule is CCCCCC[Si](C)=[Hf]([CH3])([CH3])([CH]1C=Cc2c(-c3cc(C)cc(C)c3)cccc21)[CH]1C=Cc2c(-c3cc(C)cc(C)c3)cccc21. The van der Waals surface area contributed by atoms with Crippen LogP contribution < -0.4 is 0 Å². The van der Waals surface area contributed by atoms with Crippen molar-refractivity contribution in [1.82, 2.24) is 0 Å². The van der Waals surface area contributed by atoms with E-state index in [2.05, 4.69) is 148 Å². The monoisotopic (exact) mass is 776 g/mol. The fourth-order valence-corrected chi connectivity index (χ4v) is 52.5. The minimum atomic E-state index is -3.84. The van der Waals surface area contributed by atoms with Gasteiger partial charge in [-0.15, -0.1) is 0 Å². The van der Waals surface area contributed by atoms with Crippen LogP contribution in [0.5, 0.6) is 0 Å². The molecule has 6 rings (SSSR count). The molecule has 2 atom stereocenters. The van der Waals surface area contributed by atoms with E-state index in [0.29, 0.717) is 7.35 Å². The Labute approximate surface area is 274 Å². The van der Waals surface area contributed by atoms with Gasteiger partial charge in [0.25, 0.3) is 0 Å². The Morgan fingerprint density at radius 3 is 1.47 bits per heavy atom. The van der Waals surface area contributed by atoms with Gasteiger partial charge in [-0.25, -0.2) is 0 Å². The van der Waals surface area contributed by atoms with Crippen LogP contribution in [-0.4, -0.2) is 5.49 Å². The van der Waals surface area contributed by atoms with Crippen LogP contribution in [0.2, 0.25) is 22.0 Å². The molecule has 2 unspecified atom stereocenters. The van der Waals surface area contributed by atoms with Gasteiger partial charge < -0.3 is 0 Å². The summed E-state index contributed by atoms with van der Waals surface area (Å²) < 4.78 is 6.93. The fourth-order valence-electron chi connectivity index (χ4n) is 8.92. The number of hydrogen-bond acceptors (Lipinski definition) is 0. The van der Waals surface area contributed by atoms with E-state index in [-0.39, 0.29) is 0 Å². The summed E-state index contributed by atoms with van der Waals surface area (Å²) >= 11 is -3.84. The first-order valence-electron chi connectivity index (χ1n) is 17.3. The van der Waals surface area contributed by atoms with Crippen molar-refractivity contribution in [1.29, 1.82) is 0 Å². The van der Waals surface area contributed by atoms with Gasteiger partial charge in [0.2, 0.25) is 0 Å². The molecule has 0 radical (unpaired) electrons. The molecule has 0 heterocycles. The van der Waals surface area contributed by atoms with Gasteiger partial charge in [0.05, 0.1) is 0 Å². The molecular weight excluding hydrogens is 723 g/mol. The van der Waals surface area contributed by atoms with Crippen molar-refractivity contribution in [3.8, 4) is 22.3 Å². The number of benzene rings is 4. The van der Waals surface area contributed by atoms with E-state index in [4.69, 9.17) is 0 Å². The van der Waals surface area contributed by atoms with Gasteiger partial charge in [0.15, 0.2) is 0 Å². The van der Waals surface area contributed by atoms with Crippen LogP contribution in [0, 0.1) is 27.7 Å². The van der Waals surface area contributed by atoms with Gasteiger partial charge in [0.1, 0.15) is 0 Å². The Morgan fingerprint density at radius 2 is 1.04 bits per heavy atom. The van der Waals surface area contributed by atoms with E-state index in [0.717, 1.165) is 0 Å². The minimum absolute atomic E-state index is 0.568. The van der Waals surface area contributed by atoms with E-state index >= 15 is 0 Å². The van der Waals surface area contributed by atoms with Crippen LogP contribution in [-0.2, 0) is 17.1 Å². The second kappa shape index (κ2) is 12.6. The van der Waals surface area contributed by atoms with Gasteiger partial charge in [-0.1, -0.05) is 0 Å². The summed E-state index contributed by atoms with van der Waals surface area (Å²) in [6, 6.07) is 29.9. The first kappa shape index (κ1) is 32.4.